The van der Waals surface area contributed by atoms with Crippen LogP contribution in [-0.4, -0.2) is 50.0 Å². The maximum absolute atomic E-state index is 12.7. The van der Waals surface area contributed by atoms with Crippen molar-refractivity contribution in [2.45, 2.75) is 24.3 Å². The summed E-state index contributed by atoms with van der Waals surface area (Å²) in [6.45, 7) is 1.65. The van der Waals surface area contributed by atoms with Crippen molar-refractivity contribution in [1.29, 1.82) is 0 Å². The number of aryl methyl sites for hydroxylation is 1. The lowest BCUT2D eigenvalue weighted by molar-refractivity contribution is -0.145. The molecule has 1 fully saturated rings. The number of esters is 1. The second-order valence-electron chi connectivity index (χ2n) is 7.46. The van der Waals surface area contributed by atoms with Crippen LogP contribution in [0.4, 0.5) is 10.8 Å². The summed E-state index contributed by atoms with van der Waals surface area (Å²) in [7, 11) is -3.52. The third-order valence-corrected chi connectivity index (χ3v) is 7.83. The van der Waals surface area contributed by atoms with E-state index in [-0.39, 0.29) is 23.9 Å². The Balaban J connectivity index is 1.23. The van der Waals surface area contributed by atoms with Crippen molar-refractivity contribution >= 4 is 38.1 Å². The zero-order valence-electron chi connectivity index (χ0n) is 18.0. The molecule has 1 aliphatic rings. The minimum absolute atomic E-state index is 0.114. The molecule has 2 aromatic carbocycles. The molecule has 8 nitrogen and oxygen atoms in total. The highest BCUT2D eigenvalue weighted by atomic mass is 32.2. The predicted molar refractivity (Wildman–Crippen MR) is 126 cm³/mol. The van der Waals surface area contributed by atoms with Crippen LogP contribution in [0.25, 0.3) is 0 Å². The van der Waals surface area contributed by atoms with E-state index in [1.54, 1.807) is 24.3 Å². The van der Waals surface area contributed by atoms with E-state index in [0.717, 1.165) is 16.4 Å². The third-order valence-electron chi connectivity index (χ3n) is 5.11. The van der Waals surface area contributed by atoms with E-state index in [4.69, 9.17) is 9.47 Å². The van der Waals surface area contributed by atoms with Gasteiger partial charge in [-0.3, -0.25) is 4.79 Å². The van der Waals surface area contributed by atoms with Crippen molar-refractivity contribution in [3.8, 4) is 0 Å². The fraction of sp³-hybridized carbons (Fsp3) is 0.304. The maximum Gasteiger partial charge on any atom is 0.306 e. The first kappa shape index (κ1) is 23.4. The fourth-order valence-corrected chi connectivity index (χ4v) is 5.44. The van der Waals surface area contributed by atoms with Crippen LogP contribution in [-0.2, 0) is 37.3 Å². The van der Waals surface area contributed by atoms with Crippen LogP contribution in [0.1, 0.15) is 17.7 Å². The van der Waals surface area contributed by atoms with Gasteiger partial charge in [-0.2, -0.15) is 4.31 Å². The lowest BCUT2D eigenvalue weighted by Crippen LogP contribution is -2.40. The quantitative estimate of drug-likeness (QED) is 0.461. The smallest absolute Gasteiger partial charge is 0.306 e. The number of anilines is 2. The highest BCUT2D eigenvalue weighted by Crippen LogP contribution is 2.21. The third kappa shape index (κ3) is 6.38. The van der Waals surface area contributed by atoms with Gasteiger partial charge >= 0.3 is 5.97 Å². The summed E-state index contributed by atoms with van der Waals surface area (Å²) in [5.41, 5.74) is 2.50. The molecule has 174 valence electrons. The Hall–Kier alpha value is -2.79. The molecular formula is C23H25N3O5S2. The molecule has 0 spiro atoms. The Bertz CT molecular complexity index is 1160. The van der Waals surface area contributed by atoms with Crippen molar-refractivity contribution in [1.82, 2.24) is 9.29 Å². The lowest BCUT2D eigenvalue weighted by Gasteiger charge is -2.26. The molecule has 0 amide bonds. The summed E-state index contributed by atoms with van der Waals surface area (Å²) in [4.78, 5) is 16.8. The average molecular weight is 488 g/mol. The van der Waals surface area contributed by atoms with Gasteiger partial charge in [0.05, 0.1) is 23.8 Å². The monoisotopic (exact) mass is 487 g/mol. The molecule has 0 aliphatic carbocycles. The first-order valence-corrected chi connectivity index (χ1v) is 12.9. The Morgan fingerprint density at radius 1 is 1.09 bits per heavy atom. The maximum atomic E-state index is 12.7. The van der Waals surface area contributed by atoms with Gasteiger partial charge in [-0.05, 0) is 36.2 Å². The summed E-state index contributed by atoms with van der Waals surface area (Å²) in [5, 5.41) is 5.80. The highest BCUT2D eigenvalue weighted by molar-refractivity contribution is 7.89. The number of rotatable bonds is 9. The van der Waals surface area contributed by atoms with Crippen LogP contribution in [0.3, 0.4) is 0 Å². The molecular weight excluding hydrogens is 462 g/mol. The van der Waals surface area contributed by atoms with Crippen molar-refractivity contribution in [3.05, 3.63) is 71.2 Å². The normalized spacial score (nSPS) is 14.7. The molecule has 10 heteroatoms. The standard InChI is InChI=1S/C23H25N3O5S2/c27-22(31-16-20-17-32-23(25-20)24-19-4-2-1-3-5-19)11-8-18-6-9-21(10-7-18)33(28,29)26-12-14-30-15-13-26/h1-7,9-10,17H,8,11-16H2,(H,24,25). The number of hydrogen-bond acceptors (Lipinski definition) is 8. The summed E-state index contributed by atoms with van der Waals surface area (Å²) < 4.78 is 37.3. The van der Waals surface area contributed by atoms with Crippen molar-refractivity contribution in [2.24, 2.45) is 0 Å². The number of morpholine rings is 1. The van der Waals surface area contributed by atoms with Crippen LogP contribution in [0, 0.1) is 0 Å². The van der Waals surface area contributed by atoms with E-state index in [0.29, 0.717) is 38.4 Å². The summed E-state index contributed by atoms with van der Waals surface area (Å²) >= 11 is 1.45. The van der Waals surface area contributed by atoms with E-state index in [2.05, 4.69) is 10.3 Å². The Morgan fingerprint density at radius 3 is 2.55 bits per heavy atom. The zero-order valence-corrected chi connectivity index (χ0v) is 19.6. The average Bonchev–Trinajstić information content (AvgIpc) is 3.30. The van der Waals surface area contributed by atoms with Gasteiger partial charge in [-0.25, -0.2) is 13.4 Å². The molecule has 1 aliphatic heterocycles. The Labute approximate surface area is 197 Å². The molecule has 0 bridgehead atoms. The number of ether oxygens (including phenoxy) is 2. The van der Waals surface area contributed by atoms with Crippen LogP contribution in [0.2, 0.25) is 0 Å². The van der Waals surface area contributed by atoms with Gasteiger partial charge in [0.25, 0.3) is 0 Å². The number of thiazole rings is 1. The number of hydrogen-bond donors (Lipinski definition) is 1. The number of aromatic nitrogens is 1. The van der Waals surface area contributed by atoms with Crippen LogP contribution < -0.4 is 5.32 Å². The summed E-state index contributed by atoms with van der Waals surface area (Å²) in [5.74, 6) is -0.328. The number of carbonyl (C=O) groups excluding carboxylic acids is 1. The molecule has 3 aromatic rings. The fourth-order valence-electron chi connectivity index (χ4n) is 3.31. The number of carbonyl (C=O) groups is 1. The number of sulfonamides is 1. The van der Waals surface area contributed by atoms with Gasteiger partial charge in [0.2, 0.25) is 10.0 Å². The minimum Gasteiger partial charge on any atom is -0.459 e. The number of nitrogens with zero attached hydrogens (tertiary/aromatic N) is 2. The van der Waals surface area contributed by atoms with E-state index in [1.165, 1.54) is 15.6 Å². The Kier molecular flexibility index (Phi) is 7.71. The second kappa shape index (κ2) is 10.9. The minimum atomic E-state index is -3.52. The van der Waals surface area contributed by atoms with E-state index < -0.39 is 10.0 Å². The first-order valence-electron chi connectivity index (χ1n) is 10.6. The molecule has 0 unspecified atom stereocenters. The molecule has 0 atom stereocenters. The Morgan fingerprint density at radius 2 is 1.82 bits per heavy atom. The van der Waals surface area contributed by atoms with Crippen LogP contribution in [0.15, 0.2) is 64.9 Å². The van der Waals surface area contributed by atoms with E-state index in [9.17, 15) is 13.2 Å². The van der Waals surface area contributed by atoms with Gasteiger partial charge < -0.3 is 14.8 Å². The molecule has 2 heterocycles. The van der Waals surface area contributed by atoms with Crippen molar-refractivity contribution in [3.63, 3.8) is 0 Å². The molecule has 0 saturated carbocycles. The molecule has 0 radical (unpaired) electrons. The van der Waals surface area contributed by atoms with Gasteiger partial charge in [-0.1, -0.05) is 30.3 Å². The zero-order chi connectivity index (χ0) is 23.1. The molecule has 1 saturated heterocycles. The highest BCUT2D eigenvalue weighted by Gasteiger charge is 2.26. The molecule has 33 heavy (non-hydrogen) atoms. The topological polar surface area (TPSA) is 97.8 Å². The van der Waals surface area contributed by atoms with Gasteiger partial charge in [0.1, 0.15) is 6.61 Å². The molecule has 1 aromatic heterocycles. The van der Waals surface area contributed by atoms with Gasteiger partial charge in [-0.15, -0.1) is 11.3 Å². The van der Waals surface area contributed by atoms with E-state index in [1.807, 2.05) is 35.7 Å². The SMILES string of the molecule is O=C(CCc1ccc(S(=O)(=O)N2CCOCC2)cc1)OCc1csc(Nc2ccccc2)n1. The van der Waals surface area contributed by atoms with Gasteiger partial charge in [0.15, 0.2) is 5.13 Å². The van der Waals surface area contributed by atoms with Crippen molar-refractivity contribution in [2.75, 3.05) is 31.6 Å². The predicted octanol–water partition coefficient (Wildman–Crippen LogP) is 3.58. The number of para-hydroxylation sites is 1. The summed E-state index contributed by atoms with van der Waals surface area (Å²) in [6.07, 6.45) is 0.670. The number of benzene rings is 2. The van der Waals surface area contributed by atoms with Crippen LogP contribution in [0.5, 0.6) is 0 Å². The summed E-state index contributed by atoms with van der Waals surface area (Å²) in [6, 6.07) is 16.4. The van der Waals surface area contributed by atoms with Gasteiger partial charge in [0, 0.05) is 30.6 Å². The lowest BCUT2D eigenvalue weighted by atomic mass is 10.1. The molecule has 1 N–H and O–H groups in total. The van der Waals surface area contributed by atoms with Crippen molar-refractivity contribution < 1.29 is 22.7 Å². The second-order valence-corrected chi connectivity index (χ2v) is 10.3. The molecule has 4 rings (SSSR count). The number of nitrogens with one attached hydrogen (secondary N) is 1. The largest absolute Gasteiger partial charge is 0.459 e. The van der Waals surface area contributed by atoms with Crippen LogP contribution >= 0.6 is 11.3 Å². The first-order chi connectivity index (χ1) is 16.0. The van der Waals surface area contributed by atoms with E-state index >= 15 is 0 Å².